The maximum absolute atomic E-state index is 11.3. The lowest BCUT2D eigenvalue weighted by Crippen LogP contribution is -1.97. The first kappa shape index (κ1) is 8.68. The van der Waals surface area contributed by atoms with Crippen molar-refractivity contribution < 1.29 is 4.42 Å². The molecular formula is C12H8O2S. The monoisotopic (exact) mass is 216 g/mol. The zero-order chi connectivity index (χ0) is 10.4. The Bertz CT molecular complexity index is 706. The van der Waals surface area contributed by atoms with E-state index in [1.807, 2.05) is 24.4 Å². The quantitative estimate of drug-likeness (QED) is 0.539. The van der Waals surface area contributed by atoms with E-state index in [-0.39, 0.29) is 5.63 Å². The number of hydrogen-bond donors (Lipinski definition) is 0. The highest BCUT2D eigenvalue weighted by molar-refractivity contribution is 7.17. The van der Waals surface area contributed by atoms with Crippen LogP contribution in [0.1, 0.15) is 5.56 Å². The van der Waals surface area contributed by atoms with Crippen LogP contribution in [0.15, 0.2) is 38.9 Å². The lowest BCUT2D eigenvalue weighted by molar-refractivity contribution is 0.563. The molecule has 0 aliphatic rings. The van der Waals surface area contributed by atoms with E-state index in [1.165, 1.54) is 6.07 Å². The van der Waals surface area contributed by atoms with Crippen molar-refractivity contribution in [3.05, 3.63) is 45.6 Å². The first-order chi connectivity index (χ1) is 7.25. The Labute approximate surface area is 89.8 Å². The SMILES string of the molecule is Cc1cc(=O)oc2c1ccc1sccc12. The van der Waals surface area contributed by atoms with Gasteiger partial charge in [0.2, 0.25) is 0 Å². The molecule has 2 aromatic heterocycles. The van der Waals surface area contributed by atoms with E-state index in [0.717, 1.165) is 21.0 Å². The first-order valence-corrected chi connectivity index (χ1v) is 5.54. The van der Waals surface area contributed by atoms with Gasteiger partial charge in [0.25, 0.3) is 0 Å². The number of benzene rings is 1. The van der Waals surface area contributed by atoms with E-state index in [9.17, 15) is 4.79 Å². The summed E-state index contributed by atoms with van der Waals surface area (Å²) in [6.45, 7) is 1.93. The van der Waals surface area contributed by atoms with Crippen LogP contribution in [0.25, 0.3) is 21.1 Å². The molecule has 0 spiro atoms. The molecule has 15 heavy (non-hydrogen) atoms. The molecule has 3 aromatic rings. The van der Waals surface area contributed by atoms with Gasteiger partial charge in [-0.05, 0) is 36.1 Å². The van der Waals surface area contributed by atoms with Crippen LogP contribution in [0.3, 0.4) is 0 Å². The smallest absolute Gasteiger partial charge is 0.336 e. The zero-order valence-electron chi connectivity index (χ0n) is 8.11. The minimum Gasteiger partial charge on any atom is -0.422 e. The number of fused-ring (bicyclic) bond motifs is 3. The van der Waals surface area contributed by atoms with Crippen molar-refractivity contribution in [1.82, 2.24) is 0 Å². The summed E-state index contributed by atoms with van der Waals surface area (Å²) in [5.74, 6) is 0. The molecule has 0 aliphatic heterocycles. The van der Waals surface area contributed by atoms with Crippen molar-refractivity contribution in [2.75, 3.05) is 0 Å². The fourth-order valence-electron chi connectivity index (χ4n) is 1.82. The van der Waals surface area contributed by atoms with Crippen LogP contribution in [-0.2, 0) is 0 Å². The third kappa shape index (κ3) is 1.20. The van der Waals surface area contributed by atoms with Crippen LogP contribution >= 0.6 is 11.3 Å². The van der Waals surface area contributed by atoms with Gasteiger partial charge in [-0.1, -0.05) is 0 Å². The van der Waals surface area contributed by atoms with Crippen molar-refractivity contribution in [3.63, 3.8) is 0 Å². The summed E-state index contributed by atoms with van der Waals surface area (Å²) < 4.78 is 6.41. The predicted molar refractivity (Wildman–Crippen MR) is 62.6 cm³/mol. The number of hydrogen-bond acceptors (Lipinski definition) is 3. The second-order valence-electron chi connectivity index (χ2n) is 3.52. The van der Waals surface area contributed by atoms with E-state index in [0.29, 0.717) is 5.58 Å². The lowest BCUT2D eigenvalue weighted by atomic mass is 10.1. The van der Waals surface area contributed by atoms with Gasteiger partial charge in [-0.15, -0.1) is 11.3 Å². The van der Waals surface area contributed by atoms with Crippen molar-refractivity contribution in [2.45, 2.75) is 6.92 Å². The van der Waals surface area contributed by atoms with Crippen LogP contribution < -0.4 is 5.63 Å². The zero-order valence-corrected chi connectivity index (χ0v) is 8.93. The van der Waals surface area contributed by atoms with Crippen LogP contribution in [0.2, 0.25) is 0 Å². The molecule has 3 rings (SSSR count). The fraction of sp³-hybridized carbons (Fsp3) is 0.0833. The molecule has 0 N–H and O–H groups in total. The van der Waals surface area contributed by atoms with Gasteiger partial charge >= 0.3 is 5.63 Å². The molecule has 0 unspecified atom stereocenters. The first-order valence-electron chi connectivity index (χ1n) is 4.66. The minimum atomic E-state index is -0.279. The molecule has 2 heterocycles. The standard InChI is InChI=1S/C12H8O2S/c1-7-6-11(13)14-12-8(7)2-3-10-9(12)4-5-15-10/h2-6H,1H3. The van der Waals surface area contributed by atoms with Gasteiger partial charge in [0.15, 0.2) is 0 Å². The molecule has 1 aromatic carbocycles. The average Bonchev–Trinajstić information content (AvgIpc) is 2.65. The summed E-state index contributed by atoms with van der Waals surface area (Å²) >= 11 is 1.65. The summed E-state index contributed by atoms with van der Waals surface area (Å²) in [5.41, 5.74) is 1.40. The Morgan fingerprint density at radius 1 is 1.20 bits per heavy atom. The Morgan fingerprint density at radius 3 is 2.93 bits per heavy atom. The maximum Gasteiger partial charge on any atom is 0.336 e. The molecule has 0 saturated heterocycles. The second kappa shape index (κ2) is 2.94. The Balaban J connectivity index is 2.67. The van der Waals surface area contributed by atoms with Gasteiger partial charge in [0, 0.05) is 21.5 Å². The molecule has 0 fully saturated rings. The van der Waals surface area contributed by atoms with Crippen molar-refractivity contribution in [3.8, 4) is 0 Å². The highest BCUT2D eigenvalue weighted by Crippen LogP contribution is 2.29. The summed E-state index contributed by atoms with van der Waals surface area (Å²) in [5, 5.41) is 4.05. The normalized spacial score (nSPS) is 11.3. The molecular weight excluding hydrogens is 208 g/mol. The summed E-state index contributed by atoms with van der Waals surface area (Å²) in [7, 11) is 0. The van der Waals surface area contributed by atoms with Gasteiger partial charge in [0.1, 0.15) is 5.58 Å². The molecule has 0 atom stereocenters. The summed E-state index contributed by atoms with van der Waals surface area (Å²) in [6.07, 6.45) is 0. The van der Waals surface area contributed by atoms with Crippen LogP contribution in [-0.4, -0.2) is 0 Å². The Morgan fingerprint density at radius 2 is 2.07 bits per heavy atom. The van der Waals surface area contributed by atoms with E-state index in [4.69, 9.17) is 4.42 Å². The van der Waals surface area contributed by atoms with Crippen LogP contribution in [0.5, 0.6) is 0 Å². The molecule has 74 valence electrons. The highest BCUT2D eigenvalue weighted by Gasteiger charge is 2.06. The largest absolute Gasteiger partial charge is 0.422 e. The van der Waals surface area contributed by atoms with Gasteiger partial charge in [0.05, 0.1) is 0 Å². The maximum atomic E-state index is 11.3. The third-order valence-corrected chi connectivity index (χ3v) is 3.43. The molecule has 0 amide bonds. The minimum absolute atomic E-state index is 0.279. The Kier molecular flexibility index (Phi) is 1.70. The molecule has 0 aliphatic carbocycles. The number of thiophene rings is 1. The summed E-state index contributed by atoms with van der Waals surface area (Å²) in [4.78, 5) is 11.3. The number of rotatable bonds is 0. The van der Waals surface area contributed by atoms with E-state index >= 15 is 0 Å². The van der Waals surface area contributed by atoms with Gasteiger partial charge in [-0.3, -0.25) is 0 Å². The molecule has 2 nitrogen and oxygen atoms in total. The van der Waals surface area contributed by atoms with E-state index in [2.05, 4.69) is 6.07 Å². The van der Waals surface area contributed by atoms with Crippen molar-refractivity contribution in [1.29, 1.82) is 0 Å². The fourth-order valence-corrected chi connectivity index (χ4v) is 2.61. The molecule has 0 saturated carbocycles. The van der Waals surface area contributed by atoms with E-state index < -0.39 is 0 Å². The summed E-state index contributed by atoms with van der Waals surface area (Å²) in [6, 6.07) is 7.59. The van der Waals surface area contributed by atoms with Crippen LogP contribution in [0.4, 0.5) is 0 Å². The van der Waals surface area contributed by atoms with Gasteiger partial charge in [-0.2, -0.15) is 0 Å². The van der Waals surface area contributed by atoms with Crippen molar-refractivity contribution in [2.24, 2.45) is 0 Å². The van der Waals surface area contributed by atoms with Crippen LogP contribution in [0, 0.1) is 6.92 Å². The molecule has 0 radical (unpaired) electrons. The Hall–Kier alpha value is -1.61. The van der Waals surface area contributed by atoms with Gasteiger partial charge < -0.3 is 4.42 Å². The number of aryl methyl sites for hydroxylation is 1. The van der Waals surface area contributed by atoms with Crippen molar-refractivity contribution >= 4 is 32.4 Å². The average molecular weight is 216 g/mol. The highest BCUT2D eigenvalue weighted by atomic mass is 32.1. The third-order valence-electron chi connectivity index (χ3n) is 2.55. The molecule has 3 heteroatoms. The second-order valence-corrected chi connectivity index (χ2v) is 4.47. The lowest BCUT2D eigenvalue weighted by Gasteiger charge is -2.00. The predicted octanol–water partition coefficient (Wildman–Crippen LogP) is 3.32. The molecule has 0 bridgehead atoms. The topological polar surface area (TPSA) is 30.2 Å². The van der Waals surface area contributed by atoms with Gasteiger partial charge in [-0.25, -0.2) is 4.79 Å². The van der Waals surface area contributed by atoms with E-state index in [1.54, 1.807) is 11.3 Å².